The Balaban J connectivity index is 2.60. The van der Waals surface area contributed by atoms with Crippen LogP contribution in [0, 0.1) is 6.92 Å². The minimum Gasteiger partial charge on any atom is -0.314 e. The van der Waals surface area contributed by atoms with Crippen molar-refractivity contribution < 1.29 is 0 Å². The van der Waals surface area contributed by atoms with Gasteiger partial charge in [-0.2, -0.15) is 14.6 Å². The fourth-order valence-corrected chi connectivity index (χ4v) is 1.64. The van der Waals surface area contributed by atoms with Gasteiger partial charge in [0, 0.05) is 18.3 Å². The molecular weight excluding hydrogens is 192 g/mol. The van der Waals surface area contributed by atoms with Crippen molar-refractivity contribution in [1.29, 1.82) is 0 Å². The summed E-state index contributed by atoms with van der Waals surface area (Å²) in [6, 6.07) is 1.59. The number of fused-ring (bicyclic) bond motifs is 1. The van der Waals surface area contributed by atoms with Crippen LogP contribution in [0.5, 0.6) is 0 Å². The number of hydrogen-bond donors (Lipinski definition) is 0. The summed E-state index contributed by atoms with van der Waals surface area (Å²) in [4.78, 5) is 15.6. The van der Waals surface area contributed by atoms with E-state index in [4.69, 9.17) is 0 Å². The summed E-state index contributed by atoms with van der Waals surface area (Å²) < 4.78 is 3.36. The quantitative estimate of drug-likeness (QED) is 0.752. The van der Waals surface area contributed by atoms with E-state index in [-0.39, 0.29) is 5.56 Å². The second kappa shape index (κ2) is 3.84. The summed E-state index contributed by atoms with van der Waals surface area (Å²) in [6.07, 6.45) is 3.61. The molecule has 5 heteroatoms. The van der Waals surface area contributed by atoms with Gasteiger partial charge in [-0.15, -0.1) is 0 Å². The predicted octanol–water partition coefficient (Wildman–Crippen LogP) is 1.000. The highest BCUT2D eigenvalue weighted by atomic mass is 16.1. The van der Waals surface area contributed by atoms with Gasteiger partial charge in [-0.25, -0.2) is 0 Å². The minimum absolute atomic E-state index is 0.118. The minimum atomic E-state index is -0.118. The Labute approximate surface area is 87.4 Å². The zero-order valence-electron chi connectivity index (χ0n) is 8.97. The number of aromatic nitrogens is 4. The molecule has 0 radical (unpaired) electrons. The van der Waals surface area contributed by atoms with Crippen molar-refractivity contribution >= 4 is 5.78 Å². The third kappa shape index (κ3) is 1.65. The number of aryl methyl sites for hydroxylation is 2. The van der Waals surface area contributed by atoms with E-state index >= 15 is 0 Å². The van der Waals surface area contributed by atoms with Crippen LogP contribution in [-0.2, 0) is 6.54 Å². The molecule has 2 heterocycles. The van der Waals surface area contributed by atoms with E-state index in [2.05, 4.69) is 17.0 Å². The molecule has 0 spiro atoms. The van der Waals surface area contributed by atoms with Crippen LogP contribution in [0.15, 0.2) is 17.2 Å². The lowest BCUT2D eigenvalue weighted by Gasteiger charge is -2.10. The lowest BCUT2D eigenvalue weighted by Crippen LogP contribution is -2.20. The normalized spacial score (nSPS) is 11.1. The van der Waals surface area contributed by atoms with Gasteiger partial charge in [0.25, 0.3) is 5.56 Å². The Morgan fingerprint density at radius 1 is 1.47 bits per heavy atom. The molecule has 0 amide bonds. The maximum absolute atomic E-state index is 11.5. The van der Waals surface area contributed by atoms with Crippen molar-refractivity contribution in [2.24, 2.45) is 0 Å². The standard InChI is InChI=1S/C10H14N4O/c1-3-4-5-13-8(2)6-9(15)14-10(13)11-7-12-14/h6-7H,3-5H2,1-2H3. The van der Waals surface area contributed by atoms with Crippen molar-refractivity contribution in [1.82, 2.24) is 19.2 Å². The van der Waals surface area contributed by atoms with E-state index < -0.39 is 0 Å². The van der Waals surface area contributed by atoms with Gasteiger partial charge in [-0.05, 0) is 13.3 Å². The fraction of sp³-hybridized carbons (Fsp3) is 0.500. The van der Waals surface area contributed by atoms with Crippen LogP contribution in [0.2, 0.25) is 0 Å². The van der Waals surface area contributed by atoms with Gasteiger partial charge >= 0.3 is 0 Å². The fourth-order valence-electron chi connectivity index (χ4n) is 1.64. The Hall–Kier alpha value is -1.65. The molecule has 0 aliphatic rings. The van der Waals surface area contributed by atoms with E-state index in [1.807, 2.05) is 11.5 Å². The molecule has 2 aromatic rings. The van der Waals surface area contributed by atoms with Gasteiger partial charge in [0.1, 0.15) is 6.33 Å². The summed E-state index contributed by atoms with van der Waals surface area (Å²) in [5, 5.41) is 3.90. The molecule has 0 aliphatic heterocycles. The summed E-state index contributed by atoms with van der Waals surface area (Å²) in [6.45, 7) is 4.94. The highest BCUT2D eigenvalue weighted by Crippen LogP contribution is 2.04. The molecule has 0 saturated heterocycles. The predicted molar refractivity (Wildman–Crippen MR) is 56.9 cm³/mol. The molecule has 0 N–H and O–H groups in total. The maximum atomic E-state index is 11.5. The van der Waals surface area contributed by atoms with Gasteiger partial charge in [-0.1, -0.05) is 13.3 Å². The Kier molecular flexibility index (Phi) is 2.53. The monoisotopic (exact) mass is 206 g/mol. The van der Waals surface area contributed by atoms with Crippen molar-refractivity contribution in [3.05, 3.63) is 28.4 Å². The number of rotatable bonds is 3. The molecule has 0 bridgehead atoms. The summed E-state index contributed by atoms with van der Waals surface area (Å²) in [5.41, 5.74) is 0.821. The van der Waals surface area contributed by atoms with Crippen LogP contribution < -0.4 is 5.56 Å². The smallest absolute Gasteiger partial charge is 0.275 e. The average molecular weight is 206 g/mol. The van der Waals surface area contributed by atoms with Crippen LogP contribution in [0.25, 0.3) is 5.78 Å². The van der Waals surface area contributed by atoms with Crippen molar-refractivity contribution in [3.63, 3.8) is 0 Å². The van der Waals surface area contributed by atoms with Crippen LogP contribution in [0.3, 0.4) is 0 Å². The first-order valence-electron chi connectivity index (χ1n) is 5.14. The first kappa shape index (κ1) is 9.89. The molecule has 0 saturated carbocycles. The molecule has 80 valence electrons. The van der Waals surface area contributed by atoms with Gasteiger partial charge in [0.15, 0.2) is 0 Å². The maximum Gasteiger partial charge on any atom is 0.275 e. The van der Waals surface area contributed by atoms with Crippen LogP contribution in [-0.4, -0.2) is 19.2 Å². The lowest BCUT2D eigenvalue weighted by molar-refractivity contribution is 0.611. The van der Waals surface area contributed by atoms with Gasteiger partial charge in [-0.3, -0.25) is 4.79 Å². The number of nitrogens with zero attached hydrogens (tertiary/aromatic N) is 4. The van der Waals surface area contributed by atoms with Crippen LogP contribution in [0.1, 0.15) is 25.5 Å². The van der Waals surface area contributed by atoms with Gasteiger partial charge in [0.05, 0.1) is 0 Å². The average Bonchev–Trinajstić information content (AvgIpc) is 2.66. The topological polar surface area (TPSA) is 52.2 Å². The van der Waals surface area contributed by atoms with Crippen LogP contribution in [0.4, 0.5) is 0 Å². The molecular formula is C10H14N4O. The molecule has 0 atom stereocenters. The van der Waals surface area contributed by atoms with E-state index in [0.717, 1.165) is 25.1 Å². The third-order valence-electron chi connectivity index (χ3n) is 2.47. The largest absolute Gasteiger partial charge is 0.314 e. The lowest BCUT2D eigenvalue weighted by atomic mass is 10.3. The first-order chi connectivity index (χ1) is 7.24. The van der Waals surface area contributed by atoms with Crippen molar-refractivity contribution in [2.75, 3.05) is 0 Å². The Morgan fingerprint density at radius 3 is 3.00 bits per heavy atom. The van der Waals surface area contributed by atoms with Crippen LogP contribution >= 0.6 is 0 Å². The molecule has 5 nitrogen and oxygen atoms in total. The first-order valence-corrected chi connectivity index (χ1v) is 5.14. The highest BCUT2D eigenvalue weighted by Gasteiger charge is 2.06. The molecule has 2 aromatic heterocycles. The summed E-state index contributed by atoms with van der Waals surface area (Å²) in [7, 11) is 0. The highest BCUT2D eigenvalue weighted by molar-refractivity contribution is 5.29. The zero-order chi connectivity index (χ0) is 10.8. The third-order valence-corrected chi connectivity index (χ3v) is 2.47. The Morgan fingerprint density at radius 2 is 2.27 bits per heavy atom. The number of hydrogen-bond acceptors (Lipinski definition) is 3. The molecule has 15 heavy (non-hydrogen) atoms. The summed E-state index contributed by atoms with van der Waals surface area (Å²) in [5.74, 6) is 0.633. The van der Waals surface area contributed by atoms with Gasteiger partial charge in [0.2, 0.25) is 5.78 Å². The zero-order valence-corrected chi connectivity index (χ0v) is 8.97. The number of unbranched alkanes of at least 4 members (excludes halogenated alkanes) is 1. The molecule has 0 unspecified atom stereocenters. The summed E-state index contributed by atoms with van der Waals surface area (Å²) >= 11 is 0. The second-order valence-electron chi connectivity index (χ2n) is 3.60. The molecule has 2 rings (SSSR count). The van der Waals surface area contributed by atoms with E-state index in [1.54, 1.807) is 6.07 Å². The van der Waals surface area contributed by atoms with E-state index in [1.165, 1.54) is 10.8 Å². The SMILES string of the molecule is CCCCn1c(C)cc(=O)n2ncnc12. The van der Waals surface area contributed by atoms with E-state index in [0.29, 0.717) is 5.78 Å². The Bertz CT molecular complexity index is 526. The second-order valence-corrected chi connectivity index (χ2v) is 3.60. The van der Waals surface area contributed by atoms with E-state index in [9.17, 15) is 4.79 Å². The molecule has 0 fully saturated rings. The molecule has 0 aromatic carbocycles. The van der Waals surface area contributed by atoms with Gasteiger partial charge < -0.3 is 4.57 Å². The molecule has 0 aliphatic carbocycles. The van der Waals surface area contributed by atoms with Crippen molar-refractivity contribution in [2.45, 2.75) is 33.2 Å². The van der Waals surface area contributed by atoms with Crippen molar-refractivity contribution in [3.8, 4) is 0 Å².